The summed E-state index contributed by atoms with van der Waals surface area (Å²) < 4.78 is 0. The lowest BCUT2D eigenvalue weighted by atomic mass is 10.1. The normalized spacial score (nSPS) is 24.5. The number of aliphatic hydroxyl groups excluding tert-OH is 1. The van der Waals surface area contributed by atoms with Gasteiger partial charge in [0.15, 0.2) is 0 Å². The molecule has 68 valence electrons. The molecule has 0 saturated carbocycles. The second-order valence-electron chi connectivity index (χ2n) is 2.99. The van der Waals surface area contributed by atoms with Crippen molar-refractivity contribution in [2.24, 2.45) is 4.99 Å². The lowest BCUT2D eigenvalue weighted by Gasteiger charge is -2.11. The van der Waals surface area contributed by atoms with Gasteiger partial charge in [0.05, 0.1) is 12.1 Å². The van der Waals surface area contributed by atoms with Crippen LogP contribution in [-0.2, 0) is 0 Å². The topological polar surface area (TPSA) is 44.6 Å². The van der Waals surface area contributed by atoms with E-state index in [0.717, 1.165) is 25.2 Å². The Hall–Kier alpha value is -0.830. The fourth-order valence-electron chi connectivity index (χ4n) is 1.27. The van der Waals surface area contributed by atoms with Gasteiger partial charge in [0.1, 0.15) is 5.84 Å². The Morgan fingerprint density at radius 3 is 3.25 bits per heavy atom. The minimum Gasteiger partial charge on any atom is -0.391 e. The zero-order chi connectivity index (χ0) is 8.97. The zero-order valence-corrected chi connectivity index (χ0v) is 7.45. The van der Waals surface area contributed by atoms with E-state index >= 15 is 0 Å². The quantitative estimate of drug-likeness (QED) is 0.607. The average molecular weight is 168 g/mol. The minimum absolute atomic E-state index is 0.0462. The summed E-state index contributed by atoms with van der Waals surface area (Å²) in [4.78, 5) is 4.33. The van der Waals surface area contributed by atoms with Crippen LogP contribution in [0.1, 0.15) is 19.8 Å². The molecule has 1 heterocycles. The third kappa shape index (κ3) is 2.08. The highest BCUT2D eigenvalue weighted by Crippen LogP contribution is 2.08. The second kappa shape index (κ2) is 4.26. The predicted octanol–water partition coefficient (Wildman–Crippen LogP) is 0.704. The summed E-state index contributed by atoms with van der Waals surface area (Å²) >= 11 is 0. The molecule has 0 aromatic carbocycles. The van der Waals surface area contributed by atoms with Crippen molar-refractivity contribution in [3.05, 3.63) is 12.7 Å². The van der Waals surface area contributed by atoms with E-state index in [1.165, 1.54) is 0 Å². The smallest absolute Gasteiger partial charge is 0.101 e. The van der Waals surface area contributed by atoms with Crippen LogP contribution in [0.3, 0.4) is 0 Å². The lowest BCUT2D eigenvalue weighted by Crippen LogP contribution is -2.28. The Bertz CT molecular complexity index is 189. The van der Waals surface area contributed by atoms with Crippen LogP contribution in [0.25, 0.3) is 0 Å². The molecule has 0 fully saturated rings. The Morgan fingerprint density at radius 1 is 1.92 bits per heavy atom. The number of amidine groups is 1. The average Bonchev–Trinajstić information content (AvgIpc) is 2.52. The van der Waals surface area contributed by atoms with Gasteiger partial charge >= 0.3 is 0 Å². The molecule has 0 amide bonds. The van der Waals surface area contributed by atoms with Gasteiger partial charge in [0.25, 0.3) is 0 Å². The van der Waals surface area contributed by atoms with Crippen molar-refractivity contribution < 1.29 is 5.11 Å². The maximum absolute atomic E-state index is 9.47. The van der Waals surface area contributed by atoms with Gasteiger partial charge in [-0.15, -0.1) is 6.58 Å². The van der Waals surface area contributed by atoms with Crippen LogP contribution in [-0.4, -0.2) is 29.6 Å². The second-order valence-corrected chi connectivity index (χ2v) is 2.99. The Morgan fingerprint density at radius 2 is 2.67 bits per heavy atom. The van der Waals surface area contributed by atoms with E-state index in [1.54, 1.807) is 0 Å². The number of rotatable bonds is 4. The van der Waals surface area contributed by atoms with Crippen molar-refractivity contribution in [1.29, 1.82) is 0 Å². The molecule has 1 aliphatic rings. The highest BCUT2D eigenvalue weighted by atomic mass is 16.3. The first-order chi connectivity index (χ1) is 5.77. The van der Waals surface area contributed by atoms with Gasteiger partial charge in [0, 0.05) is 13.0 Å². The summed E-state index contributed by atoms with van der Waals surface area (Å²) in [6.07, 6.45) is 3.04. The number of hydrogen-bond donors (Lipinski definition) is 2. The Labute approximate surface area is 73.2 Å². The maximum Gasteiger partial charge on any atom is 0.101 e. The standard InChI is InChI=1S/C9H16N2O/c1-3-5-9-10-6-7(11-9)8(12)4-2/h3,7-8,12H,1,4-6H2,2H3,(H,10,11). The van der Waals surface area contributed by atoms with E-state index in [9.17, 15) is 5.11 Å². The molecule has 2 unspecified atom stereocenters. The fraction of sp³-hybridized carbons (Fsp3) is 0.667. The number of aliphatic imine (C=N–C) groups is 1. The van der Waals surface area contributed by atoms with Crippen LogP contribution in [0.15, 0.2) is 17.6 Å². The highest BCUT2D eigenvalue weighted by Gasteiger charge is 2.21. The molecular weight excluding hydrogens is 152 g/mol. The monoisotopic (exact) mass is 168 g/mol. The number of aliphatic hydroxyl groups is 1. The summed E-state index contributed by atoms with van der Waals surface area (Å²) in [6, 6.07) is 0.0462. The van der Waals surface area contributed by atoms with E-state index in [-0.39, 0.29) is 12.1 Å². The van der Waals surface area contributed by atoms with Crippen molar-refractivity contribution in [3.8, 4) is 0 Å². The largest absolute Gasteiger partial charge is 0.391 e. The third-order valence-electron chi connectivity index (χ3n) is 2.04. The zero-order valence-electron chi connectivity index (χ0n) is 7.45. The molecular formula is C9H16N2O. The van der Waals surface area contributed by atoms with Crippen LogP contribution in [0.2, 0.25) is 0 Å². The molecule has 3 nitrogen and oxygen atoms in total. The lowest BCUT2D eigenvalue weighted by molar-refractivity contribution is 0.145. The molecule has 2 N–H and O–H groups in total. The van der Waals surface area contributed by atoms with Crippen molar-refractivity contribution >= 4 is 5.84 Å². The van der Waals surface area contributed by atoms with Gasteiger partial charge in [-0.3, -0.25) is 4.99 Å². The van der Waals surface area contributed by atoms with Gasteiger partial charge in [-0.2, -0.15) is 0 Å². The van der Waals surface area contributed by atoms with Gasteiger partial charge in [-0.05, 0) is 6.42 Å². The van der Waals surface area contributed by atoms with Crippen molar-refractivity contribution in [1.82, 2.24) is 5.32 Å². The molecule has 0 aromatic heterocycles. The first-order valence-electron chi connectivity index (χ1n) is 4.37. The molecule has 3 heteroatoms. The SMILES string of the molecule is C=CCC1=NC(C(O)CC)CN1. The van der Waals surface area contributed by atoms with Crippen LogP contribution in [0, 0.1) is 0 Å². The van der Waals surface area contributed by atoms with Crippen molar-refractivity contribution in [2.45, 2.75) is 31.9 Å². The summed E-state index contributed by atoms with van der Waals surface area (Å²) in [5.41, 5.74) is 0. The van der Waals surface area contributed by atoms with Gasteiger partial charge < -0.3 is 10.4 Å². The predicted molar refractivity (Wildman–Crippen MR) is 50.3 cm³/mol. The third-order valence-corrected chi connectivity index (χ3v) is 2.04. The van der Waals surface area contributed by atoms with Crippen molar-refractivity contribution in [3.63, 3.8) is 0 Å². The molecule has 1 aliphatic heterocycles. The molecule has 1 rings (SSSR count). The van der Waals surface area contributed by atoms with Gasteiger partial charge in [-0.1, -0.05) is 13.0 Å². The molecule has 12 heavy (non-hydrogen) atoms. The molecule has 0 spiro atoms. The summed E-state index contributed by atoms with van der Waals surface area (Å²) in [5.74, 6) is 0.947. The first kappa shape index (κ1) is 9.26. The Kier molecular flexibility index (Phi) is 3.29. The Balaban J connectivity index is 2.46. The molecule has 2 atom stereocenters. The summed E-state index contributed by atoms with van der Waals surface area (Å²) in [6.45, 7) is 6.36. The molecule has 0 saturated heterocycles. The number of nitrogens with one attached hydrogen (secondary N) is 1. The number of hydrogen-bond acceptors (Lipinski definition) is 3. The molecule has 0 radical (unpaired) electrons. The van der Waals surface area contributed by atoms with Gasteiger partial charge in [-0.25, -0.2) is 0 Å². The van der Waals surface area contributed by atoms with Crippen LogP contribution >= 0.6 is 0 Å². The van der Waals surface area contributed by atoms with Crippen LogP contribution in [0.5, 0.6) is 0 Å². The summed E-state index contributed by atoms with van der Waals surface area (Å²) in [5, 5.41) is 12.6. The molecule has 0 aromatic rings. The maximum atomic E-state index is 9.47. The summed E-state index contributed by atoms with van der Waals surface area (Å²) in [7, 11) is 0. The minimum atomic E-state index is -0.306. The first-order valence-corrected chi connectivity index (χ1v) is 4.37. The van der Waals surface area contributed by atoms with Crippen LogP contribution < -0.4 is 5.32 Å². The van der Waals surface area contributed by atoms with E-state index < -0.39 is 0 Å². The van der Waals surface area contributed by atoms with E-state index in [1.807, 2.05) is 13.0 Å². The number of nitrogens with zero attached hydrogens (tertiary/aromatic N) is 1. The van der Waals surface area contributed by atoms with E-state index in [2.05, 4.69) is 16.9 Å². The van der Waals surface area contributed by atoms with E-state index in [4.69, 9.17) is 0 Å². The molecule has 0 bridgehead atoms. The van der Waals surface area contributed by atoms with E-state index in [0.29, 0.717) is 0 Å². The van der Waals surface area contributed by atoms with Crippen LogP contribution in [0.4, 0.5) is 0 Å². The highest BCUT2D eigenvalue weighted by molar-refractivity contribution is 5.85. The van der Waals surface area contributed by atoms with Gasteiger partial charge in [0.2, 0.25) is 0 Å². The molecule has 0 aliphatic carbocycles. The van der Waals surface area contributed by atoms with Crippen molar-refractivity contribution in [2.75, 3.05) is 6.54 Å². The fourth-order valence-corrected chi connectivity index (χ4v) is 1.27.